The Hall–Kier alpha value is -0.830. The van der Waals surface area contributed by atoms with Gasteiger partial charge in [-0.1, -0.05) is 5.16 Å². The summed E-state index contributed by atoms with van der Waals surface area (Å²) < 4.78 is 4.91. The molecule has 0 aliphatic rings. The van der Waals surface area contributed by atoms with Crippen LogP contribution in [-0.2, 0) is 6.42 Å². The maximum absolute atomic E-state index is 5.59. The van der Waals surface area contributed by atoms with Crippen molar-refractivity contribution < 1.29 is 4.52 Å². The van der Waals surface area contributed by atoms with Crippen LogP contribution in [0.15, 0.2) is 10.6 Å². The molecule has 3 heteroatoms. The van der Waals surface area contributed by atoms with Crippen LogP contribution in [0.5, 0.6) is 0 Å². The van der Waals surface area contributed by atoms with Crippen molar-refractivity contribution in [2.45, 2.75) is 32.7 Å². The standard InChI is InChI=1S/C8H14N2O/c1-6(9)3-4-8-5-7(2)11-10-8/h5-6H,3-4,9H2,1-2H3/t6-/m0/s1. The van der Waals surface area contributed by atoms with Crippen LogP contribution in [0, 0.1) is 6.92 Å². The second kappa shape index (κ2) is 3.53. The normalized spacial score (nSPS) is 13.4. The highest BCUT2D eigenvalue weighted by Gasteiger charge is 2.01. The van der Waals surface area contributed by atoms with E-state index in [1.807, 2.05) is 19.9 Å². The summed E-state index contributed by atoms with van der Waals surface area (Å²) in [5.74, 6) is 0.865. The summed E-state index contributed by atoms with van der Waals surface area (Å²) in [7, 11) is 0. The van der Waals surface area contributed by atoms with Gasteiger partial charge in [-0.25, -0.2) is 0 Å². The van der Waals surface area contributed by atoms with Crippen LogP contribution in [0.1, 0.15) is 24.8 Å². The van der Waals surface area contributed by atoms with Crippen LogP contribution in [0.25, 0.3) is 0 Å². The molecule has 1 aromatic heterocycles. The Morgan fingerprint density at radius 2 is 2.45 bits per heavy atom. The molecule has 0 radical (unpaired) electrons. The van der Waals surface area contributed by atoms with E-state index in [0.717, 1.165) is 24.3 Å². The lowest BCUT2D eigenvalue weighted by Crippen LogP contribution is -2.15. The summed E-state index contributed by atoms with van der Waals surface area (Å²) in [5, 5.41) is 3.86. The minimum Gasteiger partial charge on any atom is -0.361 e. The zero-order valence-corrected chi connectivity index (χ0v) is 7.00. The van der Waals surface area contributed by atoms with E-state index in [1.165, 1.54) is 0 Å². The predicted molar refractivity (Wildman–Crippen MR) is 43.2 cm³/mol. The van der Waals surface area contributed by atoms with Gasteiger partial charge in [-0.05, 0) is 26.7 Å². The fourth-order valence-corrected chi connectivity index (χ4v) is 0.911. The largest absolute Gasteiger partial charge is 0.361 e. The van der Waals surface area contributed by atoms with Gasteiger partial charge in [0.05, 0.1) is 5.69 Å². The minimum absolute atomic E-state index is 0.243. The Morgan fingerprint density at radius 3 is 2.91 bits per heavy atom. The van der Waals surface area contributed by atoms with Gasteiger partial charge in [-0.3, -0.25) is 0 Å². The van der Waals surface area contributed by atoms with E-state index < -0.39 is 0 Å². The predicted octanol–water partition coefficient (Wildman–Crippen LogP) is 1.26. The van der Waals surface area contributed by atoms with Gasteiger partial charge in [0.2, 0.25) is 0 Å². The molecule has 1 rings (SSSR count). The van der Waals surface area contributed by atoms with Gasteiger partial charge in [0.15, 0.2) is 0 Å². The average Bonchev–Trinajstić information content (AvgIpc) is 2.31. The van der Waals surface area contributed by atoms with Crippen LogP contribution in [0.3, 0.4) is 0 Å². The highest BCUT2D eigenvalue weighted by molar-refractivity contribution is 5.03. The maximum Gasteiger partial charge on any atom is 0.133 e. The number of rotatable bonds is 3. The van der Waals surface area contributed by atoms with Gasteiger partial charge >= 0.3 is 0 Å². The molecule has 0 amide bonds. The monoisotopic (exact) mass is 154 g/mol. The van der Waals surface area contributed by atoms with Gasteiger partial charge in [0.1, 0.15) is 5.76 Å². The number of aromatic nitrogens is 1. The molecule has 0 unspecified atom stereocenters. The number of nitrogens with zero attached hydrogens (tertiary/aromatic N) is 1. The Labute approximate surface area is 66.6 Å². The third kappa shape index (κ3) is 2.72. The number of aryl methyl sites for hydroxylation is 2. The van der Waals surface area contributed by atoms with Crippen molar-refractivity contribution in [2.75, 3.05) is 0 Å². The van der Waals surface area contributed by atoms with Gasteiger partial charge < -0.3 is 10.3 Å². The molecular weight excluding hydrogens is 140 g/mol. The smallest absolute Gasteiger partial charge is 0.133 e. The Kier molecular flexibility index (Phi) is 2.65. The lowest BCUT2D eigenvalue weighted by atomic mass is 10.1. The highest BCUT2D eigenvalue weighted by Crippen LogP contribution is 2.04. The first-order valence-corrected chi connectivity index (χ1v) is 3.86. The van der Waals surface area contributed by atoms with E-state index in [1.54, 1.807) is 0 Å². The molecule has 0 aliphatic heterocycles. The summed E-state index contributed by atoms with van der Waals surface area (Å²) in [6, 6.07) is 2.19. The van der Waals surface area contributed by atoms with E-state index in [9.17, 15) is 0 Å². The summed E-state index contributed by atoms with van der Waals surface area (Å²) in [5.41, 5.74) is 6.59. The second-order valence-electron chi connectivity index (χ2n) is 2.94. The molecule has 0 saturated carbocycles. The molecule has 0 fully saturated rings. The molecule has 62 valence electrons. The van der Waals surface area contributed by atoms with Crippen LogP contribution < -0.4 is 5.73 Å². The average molecular weight is 154 g/mol. The van der Waals surface area contributed by atoms with Crippen molar-refractivity contribution in [3.63, 3.8) is 0 Å². The SMILES string of the molecule is Cc1cc(CC[C@H](C)N)no1. The molecule has 0 bridgehead atoms. The van der Waals surface area contributed by atoms with E-state index in [4.69, 9.17) is 10.3 Å². The van der Waals surface area contributed by atoms with Crippen LogP contribution >= 0.6 is 0 Å². The molecule has 0 spiro atoms. The Bertz CT molecular complexity index is 218. The quantitative estimate of drug-likeness (QED) is 0.713. The van der Waals surface area contributed by atoms with Gasteiger partial charge in [0.25, 0.3) is 0 Å². The number of hydrogen-bond acceptors (Lipinski definition) is 3. The van der Waals surface area contributed by atoms with E-state index in [2.05, 4.69) is 5.16 Å². The van der Waals surface area contributed by atoms with Gasteiger partial charge in [-0.15, -0.1) is 0 Å². The first kappa shape index (κ1) is 8.27. The number of nitrogens with two attached hydrogens (primary N) is 1. The lowest BCUT2D eigenvalue weighted by Gasteiger charge is -1.99. The zero-order chi connectivity index (χ0) is 8.27. The van der Waals surface area contributed by atoms with E-state index in [-0.39, 0.29) is 6.04 Å². The Morgan fingerprint density at radius 1 is 1.73 bits per heavy atom. The fraction of sp³-hybridized carbons (Fsp3) is 0.625. The van der Waals surface area contributed by atoms with Crippen molar-refractivity contribution in [1.29, 1.82) is 0 Å². The zero-order valence-electron chi connectivity index (χ0n) is 7.00. The molecule has 2 N–H and O–H groups in total. The van der Waals surface area contributed by atoms with Gasteiger partial charge in [-0.2, -0.15) is 0 Å². The minimum atomic E-state index is 0.243. The first-order chi connectivity index (χ1) is 5.18. The Balaban J connectivity index is 2.39. The number of hydrogen-bond donors (Lipinski definition) is 1. The van der Waals surface area contributed by atoms with Crippen molar-refractivity contribution in [3.05, 3.63) is 17.5 Å². The maximum atomic E-state index is 5.59. The molecule has 0 aliphatic carbocycles. The molecule has 0 aromatic carbocycles. The highest BCUT2D eigenvalue weighted by atomic mass is 16.5. The van der Waals surface area contributed by atoms with Crippen molar-refractivity contribution in [2.24, 2.45) is 5.73 Å². The van der Waals surface area contributed by atoms with E-state index >= 15 is 0 Å². The topological polar surface area (TPSA) is 52.0 Å². The molecular formula is C8H14N2O. The molecule has 1 heterocycles. The lowest BCUT2D eigenvalue weighted by molar-refractivity contribution is 0.389. The van der Waals surface area contributed by atoms with Crippen molar-refractivity contribution in [3.8, 4) is 0 Å². The van der Waals surface area contributed by atoms with Crippen molar-refractivity contribution in [1.82, 2.24) is 5.16 Å². The molecule has 1 aromatic rings. The third-order valence-corrected chi connectivity index (χ3v) is 1.53. The molecule has 1 atom stereocenters. The van der Waals surface area contributed by atoms with E-state index in [0.29, 0.717) is 0 Å². The summed E-state index contributed by atoms with van der Waals surface area (Å²) >= 11 is 0. The van der Waals surface area contributed by atoms with Crippen LogP contribution in [0.4, 0.5) is 0 Å². The summed E-state index contributed by atoms with van der Waals surface area (Å²) in [6.45, 7) is 3.88. The second-order valence-corrected chi connectivity index (χ2v) is 2.94. The molecule has 3 nitrogen and oxygen atoms in total. The third-order valence-electron chi connectivity index (χ3n) is 1.53. The van der Waals surface area contributed by atoms with Gasteiger partial charge in [0, 0.05) is 12.1 Å². The molecule has 11 heavy (non-hydrogen) atoms. The summed E-state index contributed by atoms with van der Waals surface area (Å²) in [6.07, 6.45) is 1.88. The molecule has 0 saturated heterocycles. The van der Waals surface area contributed by atoms with Crippen molar-refractivity contribution >= 4 is 0 Å². The summed E-state index contributed by atoms with van der Waals surface area (Å²) in [4.78, 5) is 0. The first-order valence-electron chi connectivity index (χ1n) is 3.86. The fourth-order valence-electron chi connectivity index (χ4n) is 0.911. The van der Waals surface area contributed by atoms with Crippen LogP contribution in [0.2, 0.25) is 0 Å². The van der Waals surface area contributed by atoms with Crippen LogP contribution in [-0.4, -0.2) is 11.2 Å².